The van der Waals surface area contributed by atoms with Crippen LogP contribution in [0.25, 0.3) is 0 Å². The first-order valence-electron chi connectivity index (χ1n) is 9.67. The van der Waals surface area contributed by atoms with Crippen molar-refractivity contribution in [2.24, 2.45) is 0 Å². The van der Waals surface area contributed by atoms with Gasteiger partial charge < -0.3 is 24.8 Å². The molecular formula is C21H24N6O3. The number of carbonyl (C=O) groups excluding carboxylic acids is 1. The number of nitrogens with one attached hydrogen (secondary N) is 2. The van der Waals surface area contributed by atoms with Gasteiger partial charge in [0.1, 0.15) is 23.8 Å². The fourth-order valence-electron chi connectivity index (χ4n) is 3.28. The van der Waals surface area contributed by atoms with E-state index in [9.17, 15) is 4.79 Å². The van der Waals surface area contributed by atoms with Gasteiger partial charge in [-0.3, -0.25) is 4.79 Å². The Morgan fingerprint density at radius 3 is 2.63 bits per heavy atom. The van der Waals surface area contributed by atoms with Crippen LogP contribution in [0.1, 0.15) is 28.3 Å². The molecule has 0 fully saturated rings. The first-order chi connectivity index (χ1) is 14.4. The van der Waals surface area contributed by atoms with E-state index in [1.54, 1.807) is 0 Å². The lowest BCUT2D eigenvalue weighted by molar-refractivity contribution is -0.115. The van der Waals surface area contributed by atoms with Gasteiger partial charge in [-0.2, -0.15) is 4.98 Å². The van der Waals surface area contributed by atoms with Crippen molar-refractivity contribution in [3.8, 4) is 5.75 Å². The van der Waals surface area contributed by atoms with E-state index in [-0.39, 0.29) is 12.5 Å². The molecule has 1 amide bonds. The van der Waals surface area contributed by atoms with Gasteiger partial charge in [-0.15, -0.1) is 0 Å². The molecule has 0 saturated heterocycles. The van der Waals surface area contributed by atoms with Crippen LogP contribution >= 0.6 is 0 Å². The molecule has 4 rings (SSSR count). The van der Waals surface area contributed by atoms with Gasteiger partial charge in [-0.1, -0.05) is 17.3 Å². The summed E-state index contributed by atoms with van der Waals surface area (Å²) in [6, 6.07) is 7.84. The highest BCUT2D eigenvalue weighted by molar-refractivity contribution is 6.00. The molecule has 156 valence electrons. The standard InChI is InChI=1S/C21H24N6O3/c1-12-17(14(3)30-26-12)11-29-16-7-5-15(6-8-16)9-22-21-23-13(2)19-20(25-21)27(4)10-18(28)24-19/h5-8H,9-11H2,1-4H3,(H,24,28)(H,22,23,25). The third-order valence-corrected chi connectivity index (χ3v) is 5.02. The zero-order valence-electron chi connectivity index (χ0n) is 17.4. The minimum absolute atomic E-state index is 0.0610. The molecule has 0 spiro atoms. The predicted molar refractivity (Wildman–Crippen MR) is 113 cm³/mol. The summed E-state index contributed by atoms with van der Waals surface area (Å²) in [4.78, 5) is 22.5. The van der Waals surface area contributed by atoms with Crippen LogP contribution < -0.4 is 20.3 Å². The molecule has 30 heavy (non-hydrogen) atoms. The molecule has 2 N–H and O–H groups in total. The number of aryl methyl sites for hydroxylation is 3. The maximum atomic E-state index is 11.7. The molecule has 1 aliphatic heterocycles. The molecule has 0 unspecified atom stereocenters. The molecule has 9 nitrogen and oxygen atoms in total. The highest BCUT2D eigenvalue weighted by Gasteiger charge is 2.23. The Morgan fingerprint density at radius 1 is 1.17 bits per heavy atom. The lowest BCUT2D eigenvalue weighted by Crippen LogP contribution is -2.36. The molecule has 0 saturated carbocycles. The van der Waals surface area contributed by atoms with Gasteiger partial charge in [-0.05, 0) is 38.5 Å². The highest BCUT2D eigenvalue weighted by atomic mass is 16.5. The molecule has 0 radical (unpaired) electrons. The summed E-state index contributed by atoms with van der Waals surface area (Å²) >= 11 is 0. The average molecular weight is 408 g/mol. The minimum Gasteiger partial charge on any atom is -0.489 e. The van der Waals surface area contributed by atoms with Crippen LogP contribution in [0.15, 0.2) is 28.8 Å². The number of ether oxygens (including phenoxy) is 1. The Balaban J connectivity index is 1.38. The fourth-order valence-corrected chi connectivity index (χ4v) is 3.28. The van der Waals surface area contributed by atoms with Crippen molar-refractivity contribution in [3.05, 3.63) is 52.5 Å². The predicted octanol–water partition coefficient (Wildman–Crippen LogP) is 2.97. The van der Waals surface area contributed by atoms with E-state index in [0.29, 0.717) is 30.6 Å². The number of amides is 1. The van der Waals surface area contributed by atoms with Crippen LogP contribution in [0.2, 0.25) is 0 Å². The quantitative estimate of drug-likeness (QED) is 0.641. The second kappa shape index (κ2) is 8.02. The summed E-state index contributed by atoms with van der Waals surface area (Å²) in [6.07, 6.45) is 0. The second-order valence-electron chi connectivity index (χ2n) is 7.32. The molecule has 3 aromatic rings. The first-order valence-corrected chi connectivity index (χ1v) is 9.67. The molecule has 1 aromatic carbocycles. The van der Waals surface area contributed by atoms with Gasteiger partial charge in [0, 0.05) is 13.6 Å². The number of anilines is 3. The van der Waals surface area contributed by atoms with Crippen molar-refractivity contribution >= 4 is 23.4 Å². The summed E-state index contributed by atoms with van der Waals surface area (Å²) in [7, 11) is 1.84. The van der Waals surface area contributed by atoms with Gasteiger partial charge in [0.2, 0.25) is 11.9 Å². The number of nitrogens with zero attached hydrogens (tertiary/aromatic N) is 4. The SMILES string of the molecule is Cc1noc(C)c1COc1ccc(CNc2nc(C)c3c(n2)N(C)CC(=O)N3)cc1. The smallest absolute Gasteiger partial charge is 0.244 e. The lowest BCUT2D eigenvalue weighted by atomic mass is 10.2. The molecule has 0 atom stereocenters. The molecule has 0 aliphatic carbocycles. The number of rotatable bonds is 6. The van der Waals surface area contributed by atoms with Crippen LogP contribution in [0.3, 0.4) is 0 Å². The summed E-state index contributed by atoms with van der Waals surface area (Å²) < 4.78 is 11.0. The molecule has 9 heteroatoms. The maximum Gasteiger partial charge on any atom is 0.244 e. The second-order valence-corrected chi connectivity index (χ2v) is 7.32. The number of benzene rings is 1. The van der Waals surface area contributed by atoms with E-state index in [1.165, 1.54) is 0 Å². The third kappa shape index (κ3) is 4.05. The van der Waals surface area contributed by atoms with Crippen LogP contribution in [0, 0.1) is 20.8 Å². The number of aromatic nitrogens is 3. The minimum atomic E-state index is -0.0610. The number of fused-ring (bicyclic) bond motifs is 1. The Hall–Kier alpha value is -3.62. The van der Waals surface area contributed by atoms with E-state index in [0.717, 1.165) is 34.0 Å². The summed E-state index contributed by atoms with van der Waals surface area (Å²) in [5, 5.41) is 10.0. The molecular weight excluding hydrogens is 384 g/mol. The van der Waals surface area contributed by atoms with Crippen LogP contribution in [0.4, 0.5) is 17.5 Å². The van der Waals surface area contributed by atoms with Crippen LogP contribution in [-0.2, 0) is 17.9 Å². The molecule has 1 aliphatic rings. The normalized spacial score (nSPS) is 13.1. The van der Waals surface area contributed by atoms with E-state index < -0.39 is 0 Å². The first kappa shape index (κ1) is 19.7. The summed E-state index contributed by atoms with van der Waals surface area (Å²) in [5.74, 6) is 2.73. The number of carbonyl (C=O) groups is 1. The molecule has 2 aromatic heterocycles. The number of likely N-dealkylation sites (N-methyl/N-ethyl adjacent to an activating group) is 1. The average Bonchev–Trinajstić information content (AvgIpc) is 3.04. The summed E-state index contributed by atoms with van der Waals surface area (Å²) in [6.45, 7) is 6.90. The van der Waals surface area contributed by atoms with Crippen molar-refractivity contribution in [2.45, 2.75) is 33.9 Å². The van der Waals surface area contributed by atoms with Gasteiger partial charge in [0.25, 0.3) is 0 Å². The van der Waals surface area contributed by atoms with Crippen molar-refractivity contribution in [2.75, 3.05) is 29.1 Å². The van der Waals surface area contributed by atoms with Crippen molar-refractivity contribution in [3.63, 3.8) is 0 Å². The van der Waals surface area contributed by atoms with Gasteiger partial charge >= 0.3 is 0 Å². The zero-order chi connectivity index (χ0) is 21.3. The number of hydrogen-bond acceptors (Lipinski definition) is 8. The molecule has 3 heterocycles. The van der Waals surface area contributed by atoms with Crippen molar-refractivity contribution in [1.82, 2.24) is 15.1 Å². The maximum absolute atomic E-state index is 11.7. The topological polar surface area (TPSA) is 105 Å². The Labute approximate surface area is 174 Å². The van der Waals surface area contributed by atoms with Gasteiger partial charge in [-0.25, -0.2) is 4.98 Å². The Kier molecular flexibility index (Phi) is 5.26. The Bertz CT molecular complexity index is 1060. The largest absolute Gasteiger partial charge is 0.489 e. The number of hydrogen-bond donors (Lipinski definition) is 2. The zero-order valence-corrected chi connectivity index (χ0v) is 17.4. The third-order valence-electron chi connectivity index (χ3n) is 5.02. The Morgan fingerprint density at radius 2 is 1.93 bits per heavy atom. The fraction of sp³-hybridized carbons (Fsp3) is 0.333. The highest BCUT2D eigenvalue weighted by Crippen LogP contribution is 2.29. The van der Waals surface area contributed by atoms with E-state index >= 15 is 0 Å². The van der Waals surface area contributed by atoms with Crippen molar-refractivity contribution < 1.29 is 14.1 Å². The monoisotopic (exact) mass is 408 g/mol. The van der Waals surface area contributed by atoms with E-state index in [1.807, 2.05) is 57.0 Å². The summed E-state index contributed by atoms with van der Waals surface area (Å²) in [5.41, 5.74) is 4.28. The van der Waals surface area contributed by atoms with Gasteiger partial charge in [0.05, 0.1) is 23.5 Å². The lowest BCUT2D eigenvalue weighted by Gasteiger charge is -2.27. The van der Waals surface area contributed by atoms with Gasteiger partial charge in [0.15, 0.2) is 5.82 Å². The van der Waals surface area contributed by atoms with Crippen molar-refractivity contribution in [1.29, 1.82) is 0 Å². The van der Waals surface area contributed by atoms with Crippen LogP contribution in [0.5, 0.6) is 5.75 Å². The van der Waals surface area contributed by atoms with Crippen LogP contribution in [-0.4, -0.2) is 34.6 Å². The van der Waals surface area contributed by atoms with E-state index in [2.05, 4.69) is 25.8 Å². The van der Waals surface area contributed by atoms with E-state index in [4.69, 9.17) is 9.26 Å². The molecule has 0 bridgehead atoms.